The molecule has 174 valence electrons. The molecule has 3 heterocycles. The van der Waals surface area contributed by atoms with Crippen LogP contribution in [-0.2, 0) is 12.7 Å². The van der Waals surface area contributed by atoms with Gasteiger partial charge in [0.25, 0.3) is 0 Å². The lowest BCUT2D eigenvalue weighted by atomic mass is 9.99. The molecule has 1 aliphatic rings. The number of carbonyl (C=O) groups excluding carboxylic acids is 1. The molecular weight excluding hydrogens is 435 g/mol. The maximum Gasteiger partial charge on any atom is 0.433 e. The molecule has 0 spiro atoms. The molecule has 0 bridgehead atoms. The van der Waals surface area contributed by atoms with E-state index in [1.807, 2.05) is 4.90 Å². The molecule has 1 saturated heterocycles. The molecule has 2 aromatic heterocycles. The van der Waals surface area contributed by atoms with Gasteiger partial charge in [-0.2, -0.15) is 13.2 Å². The first kappa shape index (κ1) is 22.6. The quantitative estimate of drug-likeness (QED) is 0.536. The minimum Gasteiger partial charge on any atom is -0.356 e. The summed E-state index contributed by atoms with van der Waals surface area (Å²) < 4.78 is 39.8. The van der Waals surface area contributed by atoms with Crippen LogP contribution in [0.1, 0.15) is 31.0 Å². The number of aromatic nitrogens is 2. The van der Waals surface area contributed by atoms with Crippen LogP contribution in [0.2, 0.25) is 0 Å². The molecule has 1 fully saturated rings. The fourth-order valence-electron chi connectivity index (χ4n) is 3.91. The monoisotopic (exact) mass is 459 g/mol. The van der Waals surface area contributed by atoms with Crippen LogP contribution in [0.5, 0.6) is 0 Å². The summed E-state index contributed by atoms with van der Waals surface area (Å²) in [5.74, 6) is 0.759. The maximum absolute atomic E-state index is 13.3. The third kappa shape index (κ3) is 5.27. The van der Waals surface area contributed by atoms with Gasteiger partial charge >= 0.3 is 12.2 Å². The van der Waals surface area contributed by atoms with Crippen molar-refractivity contribution in [3.8, 4) is 0 Å². The Bertz CT molecular complexity index is 1220. The van der Waals surface area contributed by atoms with E-state index >= 15 is 0 Å². The standard InChI is InChI=1S/C23H24F3N5O2/c1-14-9-11-31(12-10-14)21-15(5-7-19(30-21)23(24,25)26)13-27-22(33)29-18-4-2-3-17-16(18)6-8-20(32)28-17/h2-8,14H,9-13H2,1H3,(H,28,32)(H2,27,29,33). The fourth-order valence-corrected chi connectivity index (χ4v) is 3.91. The zero-order chi connectivity index (χ0) is 23.6. The van der Waals surface area contributed by atoms with Crippen LogP contribution in [0.15, 0.2) is 47.3 Å². The largest absolute Gasteiger partial charge is 0.433 e. The Balaban J connectivity index is 1.51. The van der Waals surface area contributed by atoms with Gasteiger partial charge in [0, 0.05) is 36.7 Å². The van der Waals surface area contributed by atoms with Crippen LogP contribution in [0.4, 0.5) is 29.5 Å². The average molecular weight is 459 g/mol. The van der Waals surface area contributed by atoms with E-state index in [2.05, 4.69) is 27.5 Å². The van der Waals surface area contributed by atoms with E-state index in [0.717, 1.165) is 18.9 Å². The number of fused-ring (bicyclic) bond motifs is 1. The predicted octanol–water partition coefficient (Wildman–Crippen LogP) is 4.50. The number of piperidine rings is 1. The predicted molar refractivity (Wildman–Crippen MR) is 120 cm³/mol. The summed E-state index contributed by atoms with van der Waals surface area (Å²) in [6, 6.07) is 9.87. The lowest BCUT2D eigenvalue weighted by Crippen LogP contribution is -2.35. The number of carbonyl (C=O) groups is 1. The van der Waals surface area contributed by atoms with Crippen molar-refractivity contribution in [3.63, 3.8) is 0 Å². The van der Waals surface area contributed by atoms with Crippen molar-refractivity contribution in [3.05, 3.63) is 64.1 Å². The normalized spacial score (nSPS) is 15.0. The molecule has 0 atom stereocenters. The fraction of sp³-hybridized carbons (Fsp3) is 0.348. The summed E-state index contributed by atoms with van der Waals surface area (Å²) in [6.07, 6.45) is -2.81. The van der Waals surface area contributed by atoms with E-state index < -0.39 is 17.9 Å². The van der Waals surface area contributed by atoms with Crippen molar-refractivity contribution in [2.75, 3.05) is 23.3 Å². The minimum absolute atomic E-state index is 0.0138. The zero-order valence-electron chi connectivity index (χ0n) is 18.0. The molecule has 0 unspecified atom stereocenters. The Labute approximate surface area is 188 Å². The van der Waals surface area contributed by atoms with Crippen molar-refractivity contribution in [1.82, 2.24) is 15.3 Å². The van der Waals surface area contributed by atoms with E-state index in [-0.39, 0.29) is 17.9 Å². The number of halogens is 3. The van der Waals surface area contributed by atoms with Gasteiger partial charge in [0.2, 0.25) is 5.56 Å². The Kier molecular flexibility index (Phi) is 6.26. The van der Waals surface area contributed by atoms with Crippen molar-refractivity contribution < 1.29 is 18.0 Å². The van der Waals surface area contributed by atoms with Gasteiger partial charge < -0.3 is 20.5 Å². The van der Waals surface area contributed by atoms with Gasteiger partial charge in [0.1, 0.15) is 11.5 Å². The Hall–Kier alpha value is -3.56. The lowest BCUT2D eigenvalue weighted by molar-refractivity contribution is -0.141. The molecule has 4 rings (SSSR count). The van der Waals surface area contributed by atoms with E-state index in [9.17, 15) is 22.8 Å². The van der Waals surface area contributed by atoms with E-state index in [1.165, 1.54) is 12.1 Å². The summed E-state index contributed by atoms with van der Waals surface area (Å²) >= 11 is 0. The molecule has 1 aliphatic heterocycles. The molecule has 3 aromatic rings. The zero-order valence-corrected chi connectivity index (χ0v) is 18.0. The van der Waals surface area contributed by atoms with Gasteiger partial charge in [-0.05, 0) is 43.0 Å². The highest BCUT2D eigenvalue weighted by molar-refractivity contribution is 6.00. The van der Waals surface area contributed by atoms with Crippen LogP contribution < -0.4 is 21.1 Å². The van der Waals surface area contributed by atoms with E-state index in [0.29, 0.717) is 41.2 Å². The number of anilines is 2. The third-order valence-electron chi connectivity index (χ3n) is 5.78. The molecule has 33 heavy (non-hydrogen) atoms. The molecule has 7 nitrogen and oxygen atoms in total. The number of aromatic amines is 1. The molecule has 0 radical (unpaired) electrons. The molecule has 1 aromatic carbocycles. The molecule has 0 saturated carbocycles. The highest BCUT2D eigenvalue weighted by Gasteiger charge is 2.34. The van der Waals surface area contributed by atoms with Crippen LogP contribution in [0.3, 0.4) is 0 Å². The van der Waals surface area contributed by atoms with Gasteiger partial charge in [-0.15, -0.1) is 0 Å². The van der Waals surface area contributed by atoms with E-state index in [4.69, 9.17) is 0 Å². The molecule has 3 N–H and O–H groups in total. The van der Waals surface area contributed by atoms with Crippen LogP contribution in [0.25, 0.3) is 10.9 Å². The Morgan fingerprint density at radius 3 is 2.64 bits per heavy atom. The number of benzene rings is 1. The lowest BCUT2D eigenvalue weighted by Gasteiger charge is -2.33. The van der Waals surface area contributed by atoms with Crippen molar-refractivity contribution >= 4 is 28.4 Å². The summed E-state index contributed by atoms with van der Waals surface area (Å²) in [7, 11) is 0. The SMILES string of the molecule is CC1CCN(c2nc(C(F)(F)F)ccc2CNC(=O)Nc2cccc3[nH]c(=O)ccc23)CC1. The Morgan fingerprint density at radius 1 is 1.15 bits per heavy atom. The number of rotatable bonds is 4. The van der Waals surface area contributed by atoms with Crippen LogP contribution in [0, 0.1) is 5.92 Å². The van der Waals surface area contributed by atoms with Crippen molar-refractivity contribution in [1.29, 1.82) is 0 Å². The second kappa shape index (κ2) is 9.13. The second-order valence-corrected chi connectivity index (χ2v) is 8.24. The van der Waals surface area contributed by atoms with E-state index in [1.54, 1.807) is 24.3 Å². The highest BCUT2D eigenvalue weighted by Crippen LogP contribution is 2.32. The number of pyridine rings is 2. The topological polar surface area (TPSA) is 90.1 Å². The number of amides is 2. The molecule has 10 heteroatoms. The first-order valence-corrected chi connectivity index (χ1v) is 10.7. The van der Waals surface area contributed by atoms with Gasteiger partial charge in [-0.3, -0.25) is 4.79 Å². The first-order chi connectivity index (χ1) is 15.7. The number of hydrogen-bond donors (Lipinski definition) is 3. The van der Waals surface area contributed by atoms with Gasteiger partial charge in [-0.1, -0.05) is 19.1 Å². The summed E-state index contributed by atoms with van der Waals surface area (Å²) in [6.45, 7) is 3.36. The number of alkyl halides is 3. The smallest absolute Gasteiger partial charge is 0.356 e. The summed E-state index contributed by atoms with van der Waals surface area (Å²) in [4.78, 5) is 32.5. The van der Waals surface area contributed by atoms with Gasteiger partial charge in [0.15, 0.2) is 0 Å². The van der Waals surface area contributed by atoms with Crippen LogP contribution >= 0.6 is 0 Å². The summed E-state index contributed by atoms with van der Waals surface area (Å²) in [5.41, 5.74) is 0.383. The first-order valence-electron chi connectivity index (χ1n) is 10.7. The number of nitrogens with one attached hydrogen (secondary N) is 3. The van der Waals surface area contributed by atoms with Gasteiger partial charge in [0.05, 0.1) is 11.2 Å². The molecule has 0 aliphatic carbocycles. The number of urea groups is 1. The highest BCUT2D eigenvalue weighted by atomic mass is 19.4. The van der Waals surface area contributed by atoms with Crippen LogP contribution in [-0.4, -0.2) is 29.1 Å². The number of hydrogen-bond acceptors (Lipinski definition) is 4. The number of H-pyrrole nitrogens is 1. The van der Waals surface area contributed by atoms with Crippen molar-refractivity contribution in [2.45, 2.75) is 32.5 Å². The summed E-state index contributed by atoms with van der Waals surface area (Å²) in [5, 5.41) is 6.09. The third-order valence-corrected chi connectivity index (χ3v) is 5.78. The average Bonchev–Trinajstić information content (AvgIpc) is 2.77. The number of nitrogens with zero attached hydrogens (tertiary/aromatic N) is 2. The molecule has 2 amide bonds. The Morgan fingerprint density at radius 2 is 1.91 bits per heavy atom. The second-order valence-electron chi connectivity index (χ2n) is 8.24. The minimum atomic E-state index is -4.55. The van der Waals surface area contributed by atoms with Gasteiger partial charge in [-0.25, -0.2) is 9.78 Å². The maximum atomic E-state index is 13.3. The molecular formula is C23H24F3N5O2. The van der Waals surface area contributed by atoms with Crippen molar-refractivity contribution in [2.24, 2.45) is 5.92 Å².